The van der Waals surface area contributed by atoms with E-state index in [1.807, 2.05) is 6.07 Å². The summed E-state index contributed by atoms with van der Waals surface area (Å²) in [4.78, 5) is 18.6. The molecule has 1 N–H and O–H groups in total. The molecule has 2 aromatic rings. The van der Waals surface area contributed by atoms with Crippen LogP contribution in [-0.2, 0) is 0 Å². The number of nitrogens with zero attached hydrogens (tertiary/aromatic N) is 2. The fraction of sp³-hybridized carbons (Fsp3) is 0. The van der Waals surface area contributed by atoms with Gasteiger partial charge in [-0.1, -0.05) is 0 Å². The van der Waals surface area contributed by atoms with Crippen LogP contribution in [0.3, 0.4) is 0 Å². The molecule has 2 rings (SSSR count). The molecule has 0 unspecified atom stereocenters. The molecule has 4 nitrogen and oxygen atoms in total. The van der Waals surface area contributed by atoms with Crippen molar-refractivity contribution in [3.05, 3.63) is 34.6 Å². The maximum absolute atomic E-state index is 10.7. The summed E-state index contributed by atoms with van der Waals surface area (Å²) < 4.78 is 0.463. The van der Waals surface area contributed by atoms with Gasteiger partial charge in [-0.3, -0.25) is 0 Å². The third-order valence-electron chi connectivity index (χ3n) is 1.75. The molecule has 14 heavy (non-hydrogen) atoms. The van der Waals surface area contributed by atoms with Crippen molar-refractivity contribution in [2.75, 3.05) is 0 Å². The zero-order valence-corrected chi connectivity index (χ0v) is 8.52. The largest absolute Gasteiger partial charge is 0.476 e. The predicted octanol–water partition coefficient (Wildman–Crippen LogP) is 2.09. The number of carbonyl (C=O) groups is 1. The van der Waals surface area contributed by atoms with E-state index in [1.165, 1.54) is 0 Å². The lowest BCUT2D eigenvalue weighted by Crippen LogP contribution is -2.02. The normalized spacial score (nSPS) is 10.4. The summed E-state index contributed by atoms with van der Waals surface area (Å²) in [5.41, 5.74) is 0.421. The first kappa shape index (κ1) is 9.08. The van der Waals surface area contributed by atoms with Crippen LogP contribution in [-0.4, -0.2) is 21.0 Å². The zero-order valence-electron chi connectivity index (χ0n) is 6.94. The Balaban J connectivity index is 2.77. The molecular weight excluding hydrogens is 248 g/mol. The quantitative estimate of drug-likeness (QED) is 0.845. The Morgan fingerprint density at radius 2 is 2.29 bits per heavy atom. The fourth-order valence-electron chi connectivity index (χ4n) is 1.13. The first-order chi connectivity index (χ1) is 6.68. The molecule has 0 saturated carbocycles. The number of aromatic carboxylic acids is 1. The van der Waals surface area contributed by atoms with Gasteiger partial charge in [0.15, 0.2) is 11.3 Å². The second-order valence-corrected chi connectivity index (χ2v) is 3.53. The van der Waals surface area contributed by atoms with Crippen molar-refractivity contribution in [2.45, 2.75) is 0 Å². The van der Waals surface area contributed by atoms with Gasteiger partial charge in [0.05, 0.1) is 4.47 Å². The Morgan fingerprint density at radius 1 is 1.50 bits per heavy atom. The summed E-state index contributed by atoms with van der Waals surface area (Å²) in [7, 11) is 0. The topological polar surface area (TPSA) is 63.1 Å². The van der Waals surface area contributed by atoms with E-state index >= 15 is 0 Å². The lowest BCUT2D eigenvalue weighted by molar-refractivity contribution is 0.0690. The van der Waals surface area contributed by atoms with Crippen LogP contribution in [0.2, 0.25) is 0 Å². The number of rotatable bonds is 1. The smallest absolute Gasteiger partial charge is 0.355 e. The van der Waals surface area contributed by atoms with E-state index in [-0.39, 0.29) is 5.69 Å². The number of aromatic nitrogens is 2. The van der Waals surface area contributed by atoms with Gasteiger partial charge in [0.2, 0.25) is 0 Å². The summed E-state index contributed by atoms with van der Waals surface area (Å²) in [5, 5.41) is 9.61. The molecule has 0 aliphatic carbocycles. The molecule has 0 aliphatic rings. The van der Waals surface area contributed by atoms with Crippen LogP contribution in [0, 0.1) is 0 Å². The molecule has 0 bridgehead atoms. The standard InChI is InChI=1S/C9H5BrN2O2/c10-6-4-5-2-1-3-11-8(5)12-7(6)9(13)14/h1-4H,(H,13,14). The molecular formula is C9H5BrN2O2. The van der Waals surface area contributed by atoms with Gasteiger partial charge in [-0.25, -0.2) is 14.8 Å². The molecule has 0 aromatic carbocycles. The SMILES string of the molecule is O=C(O)c1nc2ncccc2cc1Br. The molecule has 5 heteroatoms. The maximum atomic E-state index is 10.7. The van der Waals surface area contributed by atoms with Gasteiger partial charge in [-0.2, -0.15) is 0 Å². The Hall–Kier alpha value is -1.49. The molecule has 2 aromatic heterocycles. The first-order valence-electron chi connectivity index (χ1n) is 3.83. The van der Waals surface area contributed by atoms with E-state index in [2.05, 4.69) is 25.9 Å². The minimum Gasteiger partial charge on any atom is -0.476 e. The number of hydrogen-bond donors (Lipinski definition) is 1. The Bertz CT molecular complexity index is 513. The van der Waals surface area contributed by atoms with Gasteiger partial charge < -0.3 is 5.11 Å². The van der Waals surface area contributed by atoms with E-state index in [1.54, 1.807) is 18.3 Å². The van der Waals surface area contributed by atoms with E-state index < -0.39 is 5.97 Å². The second-order valence-electron chi connectivity index (χ2n) is 2.67. The van der Waals surface area contributed by atoms with Crippen molar-refractivity contribution in [2.24, 2.45) is 0 Å². The molecule has 0 spiro atoms. The van der Waals surface area contributed by atoms with Gasteiger partial charge in [0, 0.05) is 11.6 Å². The predicted molar refractivity (Wildman–Crippen MR) is 54.2 cm³/mol. The summed E-state index contributed by atoms with van der Waals surface area (Å²) in [6.45, 7) is 0. The van der Waals surface area contributed by atoms with E-state index in [9.17, 15) is 4.79 Å². The molecule has 0 saturated heterocycles. The van der Waals surface area contributed by atoms with Crippen LogP contribution >= 0.6 is 15.9 Å². The Labute approximate surface area is 87.7 Å². The fourth-order valence-corrected chi connectivity index (χ4v) is 1.63. The summed E-state index contributed by atoms with van der Waals surface area (Å²) in [6.07, 6.45) is 1.58. The van der Waals surface area contributed by atoms with Crippen molar-refractivity contribution in [3.8, 4) is 0 Å². The van der Waals surface area contributed by atoms with E-state index in [0.29, 0.717) is 10.1 Å². The van der Waals surface area contributed by atoms with Crippen molar-refractivity contribution >= 4 is 32.9 Å². The van der Waals surface area contributed by atoms with Gasteiger partial charge in [0.1, 0.15) is 0 Å². The number of carboxylic acids is 1. The molecule has 70 valence electrons. The van der Waals surface area contributed by atoms with Gasteiger partial charge in [0.25, 0.3) is 0 Å². The third-order valence-corrected chi connectivity index (χ3v) is 2.35. The summed E-state index contributed by atoms with van der Waals surface area (Å²) in [6, 6.07) is 5.29. The minimum absolute atomic E-state index is 0.0174. The van der Waals surface area contributed by atoms with E-state index in [4.69, 9.17) is 5.11 Å². The lowest BCUT2D eigenvalue weighted by Gasteiger charge is -2.00. The summed E-state index contributed by atoms with van der Waals surface area (Å²) in [5.74, 6) is -1.07. The summed E-state index contributed by atoms with van der Waals surface area (Å²) >= 11 is 3.15. The van der Waals surface area contributed by atoms with Crippen LogP contribution in [0.5, 0.6) is 0 Å². The zero-order chi connectivity index (χ0) is 10.1. The Morgan fingerprint density at radius 3 is 3.00 bits per heavy atom. The highest BCUT2D eigenvalue weighted by Gasteiger charge is 2.11. The van der Waals surface area contributed by atoms with Crippen molar-refractivity contribution in [3.63, 3.8) is 0 Å². The van der Waals surface area contributed by atoms with Crippen LogP contribution in [0.4, 0.5) is 0 Å². The number of hydrogen-bond acceptors (Lipinski definition) is 3. The average molecular weight is 253 g/mol. The Kier molecular flexibility index (Phi) is 2.17. The molecule has 0 radical (unpaired) electrons. The van der Waals surface area contributed by atoms with Gasteiger partial charge >= 0.3 is 5.97 Å². The van der Waals surface area contributed by atoms with Gasteiger partial charge in [-0.15, -0.1) is 0 Å². The van der Waals surface area contributed by atoms with Crippen LogP contribution < -0.4 is 0 Å². The third kappa shape index (κ3) is 1.46. The molecule has 0 atom stereocenters. The van der Waals surface area contributed by atoms with Crippen LogP contribution in [0.15, 0.2) is 28.9 Å². The van der Waals surface area contributed by atoms with E-state index in [0.717, 1.165) is 5.39 Å². The number of fused-ring (bicyclic) bond motifs is 1. The number of halogens is 1. The average Bonchev–Trinajstić information content (AvgIpc) is 2.16. The number of carboxylic acid groups (broad SMARTS) is 1. The van der Waals surface area contributed by atoms with Crippen molar-refractivity contribution in [1.29, 1.82) is 0 Å². The lowest BCUT2D eigenvalue weighted by atomic mass is 10.2. The molecule has 0 fully saturated rings. The molecule has 0 amide bonds. The highest BCUT2D eigenvalue weighted by atomic mass is 79.9. The second kappa shape index (κ2) is 3.34. The van der Waals surface area contributed by atoms with Crippen LogP contribution in [0.1, 0.15) is 10.5 Å². The number of pyridine rings is 2. The highest BCUT2D eigenvalue weighted by molar-refractivity contribution is 9.10. The maximum Gasteiger partial charge on any atom is 0.355 e. The monoisotopic (exact) mass is 252 g/mol. The first-order valence-corrected chi connectivity index (χ1v) is 4.62. The van der Waals surface area contributed by atoms with Crippen molar-refractivity contribution in [1.82, 2.24) is 9.97 Å². The highest BCUT2D eigenvalue weighted by Crippen LogP contribution is 2.19. The molecule has 0 aliphatic heterocycles. The molecule has 2 heterocycles. The van der Waals surface area contributed by atoms with Gasteiger partial charge in [-0.05, 0) is 34.1 Å². The van der Waals surface area contributed by atoms with Crippen molar-refractivity contribution < 1.29 is 9.90 Å². The van der Waals surface area contributed by atoms with Crippen LogP contribution in [0.25, 0.3) is 11.0 Å². The minimum atomic E-state index is -1.07.